The van der Waals surface area contributed by atoms with E-state index in [4.69, 9.17) is 9.51 Å². The molecule has 6 aromatic rings. The zero-order valence-corrected chi connectivity index (χ0v) is 21.8. The fourth-order valence-electron chi connectivity index (χ4n) is 4.36. The highest BCUT2D eigenvalue weighted by atomic mass is 32.2. The number of aromatic nitrogens is 5. The molecule has 0 fully saturated rings. The first kappa shape index (κ1) is 25.6. The number of hydrogen-bond donors (Lipinski definition) is 1. The van der Waals surface area contributed by atoms with Crippen LogP contribution in [0.4, 0.5) is 13.2 Å². The third kappa shape index (κ3) is 4.91. The van der Waals surface area contributed by atoms with Gasteiger partial charge in [0.2, 0.25) is 11.7 Å². The number of nitrogens with one attached hydrogen (secondary N) is 1. The Hall–Kier alpha value is -4.64. The average molecular weight is 560 g/mol. The van der Waals surface area contributed by atoms with Crippen molar-refractivity contribution >= 4 is 22.8 Å². The van der Waals surface area contributed by atoms with Gasteiger partial charge in [-0.2, -0.15) is 18.2 Å². The molecule has 40 heavy (non-hydrogen) atoms. The lowest BCUT2D eigenvalue weighted by atomic mass is 10.1. The minimum absolute atomic E-state index is 0.0400. The molecule has 0 spiro atoms. The fraction of sp³-hybridized carbons (Fsp3) is 0.103. The summed E-state index contributed by atoms with van der Waals surface area (Å²) in [6.07, 6.45) is -2.72. The first-order chi connectivity index (χ1) is 19.3. The molecule has 7 nitrogen and oxygen atoms in total. The number of H-pyrrole nitrogens is 1. The largest absolute Gasteiger partial charge is 0.416 e. The van der Waals surface area contributed by atoms with Crippen LogP contribution in [0.3, 0.4) is 0 Å². The van der Waals surface area contributed by atoms with Gasteiger partial charge in [-0.05, 0) is 42.3 Å². The third-order valence-corrected chi connectivity index (χ3v) is 7.18. The molecular formula is C29H20F3N5O2S. The number of thioether (sulfide) groups is 1. The van der Waals surface area contributed by atoms with E-state index in [9.17, 15) is 18.0 Å². The van der Waals surface area contributed by atoms with Gasteiger partial charge in [0.15, 0.2) is 5.16 Å². The summed E-state index contributed by atoms with van der Waals surface area (Å²) in [5.74, 6) is 0.360. The summed E-state index contributed by atoms with van der Waals surface area (Å²) in [5.41, 5.74) is 3.33. The standard InChI is InChI=1S/C29H20F3N5O2S/c1-17-7-5-12-21(13-17)37-27(38)25-24(22(15-33-25)18-8-3-2-4-9-18)35-28(37)40-16-23-34-26(36-39-23)19-10-6-11-20(14-19)29(30,31)32/h2-15,33H,16H2,1H3. The lowest BCUT2D eigenvalue weighted by molar-refractivity contribution is -0.137. The summed E-state index contributed by atoms with van der Waals surface area (Å²) in [6.45, 7) is 1.93. The summed E-state index contributed by atoms with van der Waals surface area (Å²) < 4.78 is 46.3. The summed E-state index contributed by atoms with van der Waals surface area (Å²) in [7, 11) is 0. The number of fused-ring (bicyclic) bond motifs is 1. The van der Waals surface area contributed by atoms with E-state index in [2.05, 4.69) is 15.1 Å². The zero-order chi connectivity index (χ0) is 27.9. The molecule has 0 atom stereocenters. The highest BCUT2D eigenvalue weighted by molar-refractivity contribution is 7.98. The minimum atomic E-state index is -4.49. The minimum Gasteiger partial charge on any atom is -0.355 e. The fourth-order valence-corrected chi connectivity index (χ4v) is 5.20. The Bertz CT molecular complexity index is 1890. The second-order valence-electron chi connectivity index (χ2n) is 9.04. The van der Waals surface area contributed by atoms with Crippen LogP contribution in [-0.4, -0.2) is 24.7 Å². The quantitative estimate of drug-likeness (QED) is 0.174. The number of alkyl halides is 3. The third-order valence-electron chi connectivity index (χ3n) is 6.25. The van der Waals surface area contributed by atoms with Crippen LogP contribution in [0.1, 0.15) is 17.0 Å². The van der Waals surface area contributed by atoms with Crippen LogP contribution in [0.15, 0.2) is 99.5 Å². The van der Waals surface area contributed by atoms with Crippen molar-refractivity contribution in [3.05, 3.63) is 112 Å². The van der Waals surface area contributed by atoms with Gasteiger partial charge in [-0.3, -0.25) is 9.36 Å². The molecular weight excluding hydrogens is 539 g/mol. The molecule has 0 radical (unpaired) electrons. The lowest BCUT2D eigenvalue weighted by Crippen LogP contribution is -2.22. The SMILES string of the molecule is Cc1cccc(-n2c(SCc3nc(-c4cccc(C(F)(F)F)c4)no3)nc3c(-c4ccccc4)c[nH]c3c2=O)c1. The van der Waals surface area contributed by atoms with Gasteiger partial charge < -0.3 is 9.51 Å². The Balaban J connectivity index is 1.39. The molecule has 0 saturated heterocycles. The molecule has 11 heteroatoms. The van der Waals surface area contributed by atoms with Crippen LogP contribution in [-0.2, 0) is 11.9 Å². The maximum absolute atomic E-state index is 13.8. The topological polar surface area (TPSA) is 89.6 Å². The Morgan fingerprint density at radius 1 is 0.950 bits per heavy atom. The van der Waals surface area contributed by atoms with Gasteiger partial charge in [-0.25, -0.2) is 4.98 Å². The van der Waals surface area contributed by atoms with Crippen LogP contribution in [0.2, 0.25) is 0 Å². The number of benzene rings is 3. The molecule has 0 aliphatic carbocycles. The van der Waals surface area contributed by atoms with E-state index in [1.807, 2.05) is 61.5 Å². The molecule has 0 aliphatic heterocycles. The first-order valence-corrected chi connectivity index (χ1v) is 13.2. The van der Waals surface area contributed by atoms with Crippen molar-refractivity contribution in [2.45, 2.75) is 24.0 Å². The van der Waals surface area contributed by atoms with Gasteiger partial charge in [0.05, 0.1) is 17.0 Å². The maximum atomic E-state index is 13.8. The van der Waals surface area contributed by atoms with Gasteiger partial charge >= 0.3 is 6.18 Å². The van der Waals surface area contributed by atoms with Gasteiger partial charge in [0.1, 0.15) is 11.0 Å². The van der Waals surface area contributed by atoms with Crippen molar-refractivity contribution in [2.75, 3.05) is 0 Å². The van der Waals surface area contributed by atoms with Crippen molar-refractivity contribution in [3.8, 4) is 28.2 Å². The smallest absolute Gasteiger partial charge is 0.355 e. The van der Waals surface area contributed by atoms with Crippen LogP contribution < -0.4 is 5.56 Å². The Kier molecular flexibility index (Phi) is 6.51. The molecule has 3 heterocycles. The van der Waals surface area contributed by atoms with Crippen molar-refractivity contribution in [2.24, 2.45) is 0 Å². The van der Waals surface area contributed by atoms with Gasteiger partial charge in [0, 0.05) is 17.3 Å². The van der Waals surface area contributed by atoms with E-state index in [1.165, 1.54) is 28.5 Å². The van der Waals surface area contributed by atoms with Gasteiger partial charge in [-0.15, -0.1) is 0 Å². The number of halogens is 3. The van der Waals surface area contributed by atoms with Crippen molar-refractivity contribution < 1.29 is 17.7 Å². The van der Waals surface area contributed by atoms with E-state index >= 15 is 0 Å². The van der Waals surface area contributed by atoms with Crippen molar-refractivity contribution in [1.29, 1.82) is 0 Å². The molecule has 3 aromatic heterocycles. The maximum Gasteiger partial charge on any atom is 0.416 e. The number of hydrogen-bond acceptors (Lipinski definition) is 6. The number of aryl methyl sites for hydroxylation is 1. The van der Waals surface area contributed by atoms with Gasteiger partial charge in [-0.1, -0.05) is 71.5 Å². The van der Waals surface area contributed by atoms with E-state index in [0.717, 1.165) is 28.8 Å². The Morgan fingerprint density at radius 3 is 2.50 bits per heavy atom. The zero-order valence-electron chi connectivity index (χ0n) is 20.9. The molecule has 1 N–H and O–H groups in total. The van der Waals surface area contributed by atoms with E-state index in [-0.39, 0.29) is 28.6 Å². The normalized spacial score (nSPS) is 11.8. The molecule has 3 aromatic carbocycles. The Morgan fingerprint density at radius 2 is 1.73 bits per heavy atom. The van der Waals surface area contributed by atoms with E-state index in [1.54, 1.807) is 6.20 Å². The molecule has 0 unspecified atom stereocenters. The summed E-state index contributed by atoms with van der Waals surface area (Å²) >= 11 is 1.21. The molecule has 0 aliphatic rings. The molecule has 0 saturated carbocycles. The highest BCUT2D eigenvalue weighted by Crippen LogP contribution is 2.33. The highest BCUT2D eigenvalue weighted by Gasteiger charge is 2.31. The van der Waals surface area contributed by atoms with Crippen LogP contribution in [0, 0.1) is 6.92 Å². The monoisotopic (exact) mass is 559 g/mol. The Labute approximate surface area is 229 Å². The van der Waals surface area contributed by atoms with Crippen LogP contribution >= 0.6 is 11.8 Å². The molecule has 0 bridgehead atoms. The van der Waals surface area contributed by atoms with Crippen LogP contribution in [0.5, 0.6) is 0 Å². The molecule has 6 rings (SSSR count). The van der Waals surface area contributed by atoms with Crippen molar-refractivity contribution in [1.82, 2.24) is 24.7 Å². The van der Waals surface area contributed by atoms with Crippen LogP contribution in [0.25, 0.3) is 39.2 Å². The second-order valence-corrected chi connectivity index (χ2v) is 9.99. The average Bonchev–Trinajstić information content (AvgIpc) is 3.60. The first-order valence-electron chi connectivity index (χ1n) is 12.2. The predicted molar refractivity (Wildman–Crippen MR) is 146 cm³/mol. The second kappa shape index (κ2) is 10.2. The van der Waals surface area contributed by atoms with Crippen molar-refractivity contribution in [3.63, 3.8) is 0 Å². The summed E-state index contributed by atoms with van der Waals surface area (Å²) in [6, 6.07) is 21.9. The number of rotatable bonds is 6. The summed E-state index contributed by atoms with van der Waals surface area (Å²) in [5, 5.41) is 4.27. The van der Waals surface area contributed by atoms with E-state index < -0.39 is 11.7 Å². The van der Waals surface area contributed by atoms with Gasteiger partial charge in [0.25, 0.3) is 5.56 Å². The predicted octanol–water partition coefficient (Wildman–Crippen LogP) is 7.05. The molecule has 0 amide bonds. The lowest BCUT2D eigenvalue weighted by Gasteiger charge is -2.12. The number of aromatic amines is 1. The number of nitrogens with zero attached hydrogens (tertiary/aromatic N) is 4. The molecule has 200 valence electrons. The van der Waals surface area contributed by atoms with E-state index in [0.29, 0.717) is 21.9 Å². The summed E-state index contributed by atoms with van der Waals surface area (Å²) in [4.78, 5) is 26.0.